The third-order valence-corrected chi connectivity index (χ3v) is 3.65. The average Bonchev–Trinajstić information content (AvgIpc) is 2.66. The zero-order valence-corrected chi connectivity index (χ0v) is 11.7. The number of nitrogens with zero attached hydrogens (tertiary/aromatic N) is 2. The van der Waals surface area contributed by atoms with Crippen LogP contribution in [0.1, 0.15) is 11.2 Å². The number of rotatable bonds is 1. The molecule has 0 spiro atoms. The van der Waals surface area contributed by atoms with Crippen molar-refractivity contribution in [2.45, 2.75) is 6.92 Å². The van der Waals surface area contributed by atoms with Crippen LogP contribution in [0.25, 0.3) is 21.5 Å². The zero-order valence-electron chi connectivity index (χ0n) is 14.8. The van der Waals surface area contributed by atoms with Crippen molar-refractivity contribution in [1.29, 1.82) is 0 Å². The van der Waals surface area contributed by atoms with E-state index in [-0.39, 0.29) is 30.0 Å². The predicted molar refractivity (Wildman–Crippen MR) is 85.2 cm³/mol. The van der Waals surface area contributed by atoms with Crippen molar-refractivity contribution >= 4 is 21.6 Å². The first-order valence-corrected chi connectivity index (χ1v) is 6.99. The van der Waals surface area contributed by atoms with Gasteiger partial charge >= 0.3 is 0 Å². The first-order valence-electron chi connectivity index (χ1n) is 8.11. The summed E-state index contributed by atoms with van der Waals surface area (Å²) in [7, 11) is 0. The van der Waals surface area contributed by atoms with Crippen LogP contribution >= 0.6 is 11.3 Å². The Kier molecular flexibility index (Phi) is 2.56. The minimum Gasteiger partial charge on any atom is -0.256 e. The molecule has 0 radical (unpaired) electrons. The Morgan fingerprint density at radius 2 is 2.00 bits per heavy atom. The van der Waals surface area contributed by atoms with Crippen molar-refractivity contribution in [3.05, 3.63) is 71.8 Å². The number of aryl methyl sites for hydroxylation is 1. The van der Waals surface area contributed by atoms with E-state index in [1.807, 2.05) is 42.6 Å². The van der Waals surface area contributed by atoms with Gasteiger partial charge in [0.2, 0.25) is 0 Å². The summed E-state index contributed by atoms with van der Waals surface area (Å²) in [4.78, 5) is 9.39. The molecule has 3 heterocycles. The van der Waals surface area contributed by atoms with Crippen LogP contribution in [0, 0.1) is 6.92 Å². The first kappa shape index (κ1) is 8.82. The average molecular weight is 282 g/mol. The SMILES string of the molecule is [2H]c1nc(-c2ccccc3ccc(C)nc3sc2)c([2H])c([2H])c1[2H]. The Bertz CT molecular complexity index is 984. The normalized spacial score (nSPS) is 13.1. The summed E-state index contributed by atoms with van der Waals surface area (Å²) in [6.07, 6.45) is -0.296. The second kappa shape index (κ2) is 5.80. The first-order chi connectivity index (χ1) is 11.5. The van der Waals surface area contributed by atoms with Gasteiger partial charge in [0.25, 0.3) is 0 Å². The largest absolute Gasteiger partial charge is 0.256 e. The molecule has 0 aliphatic rings. The second-order valence-electron chi connectivity index (χ2n) is 4.20. The molecule has 0 unspecified atom stereocenters. The van der Waals surface area contributed by atoms with Crippen LogP contribution in [0.5, 0.6) is 0 Å². The summed E-state index contributed by atoms with van der Waals surface area (Å²) < 4.78 is 31.2. The summed E-state index contributed by atoms with van der Waals surface area (Å²) in [6, 6.07) is 10.6. The van der Waals surface area contributed by atoms with Crippen molar-refractivity contribution in [2.75, 3.05) is 0 Å². The smallest absolute Gasteiger partial charge is 0.123 e. The lowest BCUT2D eigenvalue weighted by Gasteiger charge is -1.96. The summed E-state index contributed by atoms with van der Waals surface area (Å²) in [5.41, 5.74) is 1.76. The fourth-order valence-electron chi connectivity index (χ4n) is 1.74. The van der Waals surface area contributed by atoms with E-state index >= 15 is 0 Å². The Morgan fingerprint density at radius 1 is 1.10 bits per heavy atom. The monoisotopic (exact) mass is 282 g/mol. The van der Waals surface area contributed by atoms with Crippen molar-refractivity contribution in [3.8, 4) is 11.3 Å². The molecular weight excluding hydrogens is 264 g/mol. The maximum atomic E-state index is 8.06. The van der Waals surface area contributed by atoms with Gasteiger partial charge in [-0.2, -0.15) is 0 Å². The number of hydrogen-bond acceptors (Lipinski definition) is 3. The molecule has 0 amide bonds. The Hall–Kier alpha value is -2.26. The molecule has 3 heteroatoms. The lowest BCUT2D eigenvalue weighted by molar-refractivity contribution is 1.27. The molecule has 98 valence electrons. The molecule has 0 saturated heterocycles. The van der Waals surface area contributed by atoms with E-state index in [1.165, 1.54) is 11.3 Å². The number of hydrogen-bond donors (Lipinski definition) is 0. The molecule has 0 aromatic carbocycles. The third-order valence-electron chi connectivity index (χ3n) is 2.73. The van der Waals surface area contributed by atoms with Crippen LogP contribution in [0.3, 0.4) is 0 Å². The van der Waals surface area contributed by atoms with E-state index < -0.39 is 0 Å². The van der Waals surface area contributed by atoms with E-state index in [0.717, 1.165) is 15.9 Å². The Labute approximate surface area is 127 Å². The topological polar surface area (TPSA) is 25.8 Å². The molecule has 0 bridgehead atoms. The summed E-state index contributed by atoms with van der Waals surface area (Å²) in [5.74, 6) is 0. The van der Waals surface area contributed by atoms with Gasteiger partial charge in [0.1, 0.15) is 4.83 Å². The molecule has 0 aliphatic carbocycles. The maximum absolute atomic E-state index is 8.06. The van der Waals surface area contributed by atoms with E-state index in [2.05, 4.69) is 9.97 Å². The lowest BCUT2D eigenvalue weighted by atomic mass is 10.2. The highest BCUT2D eigenvalue weighted by atomic mass is 32.1. The van der Waals surface area contributed by atoms with Gasteiger partial charge in [0.15, 0.2) is 0 Å². The van der Waals surface area contributed by atoms with Crippen LogP contribution in [0.15, 0.2) is 66.1 Å². The third kappa shape index (κ3) is 2.83. The number of aromatic nitrogens is 2. The van der Waals surface area contributed by atoms with Gasteiger partial charge in [-0.25, -0.2) is 4.98 Å². The predicted octanol–water partition coefficient (Wildman–Crippen LogP) is 4.79. The maximum Gasteiger partial charge on any atom is 0.123 e. The van der Waals surface area contributed by atoms with Crippen molar-refractivity contribution in [1.82, 2.24) is 9.97 Å². The quantitative estimate of drug-likeness (QED) is 0.641. The Morgan fingerprint density at radius 3 is 2.95 bits per heavy atom. The molecule has 0 atom stereocenters. The van der Waals surface area contributed by atoms with E-state index in [4.69, 9.17) is 5.48 Å². The van der Waals surface area contributed by atoms with Crippen LogP contribution in [-0.2, 0) is 0 Å². The number of fused-ring (bicyclic) bond motifs is 1. The van der Waals surface area contributed by atoms with Crippen molar-refractivity contribution in [3.63, 3.8) is 0 Å². The van der Waals surface area contributed by atoms with Gasteiger partial charge in [0.05, 0.1) is 11.2 Å². The highest BCUT2D eigenvalue weighted by Gasteiger charge is 1.96. The highest BCUT2D eigenvalue weighted by Crippen LogP contribution is 2.20. The molecule has 20 heavy (non-hydrogen) atoms. The standard InChI is InChI=1S/C17H14N2S/c1-13-9-10-14-6-2-3-7-15(12-20-17(14)19-13)16-8-4-5-11-18-16/h2-12H,1H3/i4D,5D,8D,11D. The molecule has 3 aromatic heterocycles. The van der Waals surface area contributed by atoms with E-state index in [9.17, 15) is 0 Å². The minimum atomic E-state index is -0.327. The van der Waals surface area contributed by atoms with E-state index in [1.54, 1.807) is 6.07 Å². The highest BCUT2D eigenvalue weighted by molar-refractivity contribution is 7.16. The summed E-state index contributed by atoms with van der Waals surface area (Å²) in [6.45, 7) is 1.93. The van der Waals surface area contributed by atoms with Crippen LogP contribution < -0.4 is 0 Å². The fraction of sp³-hybridized carbons (Fsp3) is 0.0588. The number of pyridine rings is 2. The summed E-state index contributed by atoms with van der Waals surface area (Å²) >= 11 is 1.41. The van der Waals surface area contributed by atoms with Gasteiger partial charge in [-0.05, 0) is 25.1 Å². The molecule has 0 N–H and O–H groups in total. The molecule has 2 nitrogen and oxygen atoms in total. The van der Waals surface area contributed by atoms with Crippen molar-refractivity contribution in [2.24, 2.45) is 0 Å². The molecule has 0 saturated carbocycles. The molecule has 0 fully saturated rings. The molecule has 3 rings (SSSR count). The van der Waals surface area contributed by atoms with Gasteiger partial charge < -0.3 is 0 Å². The molecule has 0 aliphatic heterocycles. The van der Waals surface area contributed by atoms with Gasteiger partial charge in [-0.3, -0.25) is 4.98 Å². The van der Waals surface area contributed by atoms with Crippen LogP contribution in [0.4, 0.5) is 0 Å². The lowest BCUT2D eigenvalue weighted by Crippen LogP contribution is -1.79. The van der Waals surface area contributed by atoms with E-state index in [0.29, 0.717) is 5.56 Å². The Balaban J connectivity index is 2.29. The van der Waals surface area contributed by atoms with Crippen LogP contribution in [0.2, 0.25) is 0 Å². The van der Waals surface area contributed by atoms with Crippen molar-refractivity contribution < 1.29 is 5.48 Å². The fourth-order valence-corrected chi connectivity index (χ4v) is 2.64. The molecule has 3 aromatic rings. The van der Waals surface area contributed by atoms with Gasteiger partial charge in [-0.15, -0.1) is 11.3 Å². The second-order valence-corrected chi connectivity index (χ2v) is 5.06. The zero-order chi connectivity index (χ0) is 17.3. The van der Waals surface area contributed by atoms with Gasteiger partial charge in [-0.1, -0.05) is 36.4 Å². The molecular formula is C17H14N2S. The van der Waals surface area contributed by atoms with Crippen LogP contribution in [-0.4, -0.2) is 9.97 Å². The minimum absolute atomic E-state index is 0.145. The summed E-state index contributed by atoms with van der Waals surface area (Å²) in [5, 5.41) is 2.81. The van der Waals surface area contributed by atoms with Gasteiger partial charge in [0, 0.05) is 28.2 Å².